The number of fused-ring (bicyclic) bond motifs is 2. The molecule has 1 unspecified atom stereocenters. The lowest BCUT2D eigenvalue weighted by atomic mass is 9.91. The lowest BCUT2D eigenvalue weighted by Crippen LogP contribution is -2.43. The van der Waals surface area contributed by atoms with Crippen LogP contribution < -0.4 is 9.46 Å². The quantitative estimate of drug-likeness (QED) is 0.464. The van der Waals surface area contributed by atoms with Crippen LogP contribution in [0.5, 0.6) is 5.75 Å². The van der Waals surface area contributed by atoms with Gasteiger partial charge in [-0.05, 0) is 85.8 Å². The Kier molecular flexibility index (Phi) is 7.24. The molecule has 10 heteroatoms. The van der Waals surface area contributed by atoms with Crippen molar-refractivity contribution in [1.29, 1.82) is 0 Å². The maximum absolute atomic E-state index is 14.8. The molecule has 1 saturated carbocycles. The van der Waals surface area contributed by atoms with Crippen LogP contribution in [0.4, 0.5) is 4.39 Å². The summed E-state index contributed by atoms with van der Waals surface area (Å²) in [5, 5.41) is 1.29. The molecule has 5 rings (SSSR count). The summed E-state index contributed by atoms with van der Waals surface area (Å²) in [6, 6.07) is 9.27. The average molecular weight is 555 g/mol. The van der Waals surface area contributed by atoms with Crippen LogP contribution in [0.3, 0.4) is 0 Å². The summed E-state index contributed by atoms with van der Waals surface area (Å²) >= 11 is 12.4. The lowest BCUT2D eigenvalue weighted by Gasteiger charge is -2.39. The van der Waals surface area contributed by atoms with Crippen molar-refractivity contribution in [3.63, 3.8) is 0 Å². The van der Waals surface area contributed by atoms with Crippen LogP contribution in [0.2, 0.25) is 10.0 Å². The van der Waals surface area contributed by atoms with E-state index in [0.717, 1.165) is 62.5 Å². The molecule has 1 N–H and O–H groups in total. The third kappa shape index (κ3) is 5.98. The van der Waals surface area contributed by atoms with Crippen molar-refractivity contribution in [2.75, 3.05) is 12.9 Å². The summed E-state index contributed by atoms with van der Waals surface area (Å²) < 4.78 is 45.6. The van der Waals surface area contributed by atoms with Crippen LogP contribution in [0, 0.1) is 11.7 Å². The van der Waals surface area contributed by atoms with Crippen LogP contribution in [0.25, 0.3) is 0 Å². The first-order valence-corrected chi connectivity index (χ1v) is 14.9. The smallest absolute Gasteiger partial charge is 0.267 e. The second-order valence-corrected chi connectivity index (χ2v) is 13.0. The van der Waals surface area contributed by atoms with Crippen LogP contribution in [0.15, 0.2) is 30.3 Å². The first-order valence-electron chi connectivity index (χ1n) is 12.2. The molecular formula is C26H29Cl2FN2O4S. The number of piperidine rings is 1. The van der Waals surface area contributed by atoms with Crippen LogP contribution in [-0.2, 0) is 16.6 Å². The third-order valence-electron chi connectivity index (χ3n) is 7.38. The van der Waals surface area contributed by atoms with E-state index in [4.69, 9.17) is 27.9 Å². The number of ether oxygens (including phenoxy) is 1. The minimum Gasteiger partial charge on any atom is -0.493 e. The summed E-state index contributed by atoms with van der Waals surface area (Å²) in [5.74, 6) is -0.744. The molecule has 194 valence electrons. The highest BCUT2D eigenvalue weighted by Gasteiger charge is 2.41. The van der Waals surface area contributed by atoms with Crippen molar-refractivity contribution < 1.29 is 22.3 Å². The largest absolute Gasteiger partial charge is 0.493 e. The van der Waals surface area contributed by atoms with Crippen LogP contribution in [0.1, 0.15) is 65.9 Å². The molecule has 0 aromatic heterocycles. The van der Waals surface area contributed by atoms with Gasteiger partial charge in [-0.1, -0.05) is 23.2 Å². The second-order valence-electron chi connectivity index (χ2n) is 10.3. The van der Waals surface area contributed by atoms with E-state index >= 15 is 0 Å². The zero-order valence-corrected chi connectivity index (χ0v) is 22.3. The highest BCUT2D eigenvalue weighted by Crippen LogP contribution is 2.46. The maximum atomic E-state index is 14.8. The number of nitrogens with zero attached hydrogens (tertiary/aromatic N) is 1. The average Bonchev–Trinajstić information content (AvgIpc) is 3.57. The minimum atomic E-state index is -3.79. The van der Waals surface area contributed by atoms with Gasteiger partial charge >= 0.3 is 0 Å². The van der Waals surface area contributed by atoms with E-state index in [2.05, 4.69) is 4.90 Å². The number of hydrogen-bond acceptors (Lipinski definition) is 5. The van der Waals surface area contributed by atoms with Gasteiger partial charge < -0.3 is 4.74 Å². The van der Waals surface area contributed by atoms with Crippen molar-refractivity contribution in [2.45, 2.75) is 63.1 Å². The molecule has 3 atom stereocenters. The fraction of sp³-hybridized carbons (Fsp3) is 0.500. The van der Waals surface area contributed by atoms with Gasteiger partial charge in [0.15, 0.2) is 0 Å². The fourth-order valence-corrected chi connectivity index (χ4v) is 6.73. The molecular weight excluding hydrogens is 526 g/mol. The van der Waals surface area contributed by atoms with Gasteiger partial charge in [0, 0.05) is 34.7 Å². The van der Waals surface area contributed by atoms with Crippen LogP contribution in [-0.4, -0.2) is 44.2 Å². The van der Waals surface area contributed by atoms with Gasteiger partial charge in [0.05, 0.1) is 18.4 Å². The van der Waals surface area contributed by atoms with Gasteiger partial charge in [-0.3, -0.25) is 9.69 Å². The first kappa shape index (κ1) is 25.8. The zero-order chi connectivity index (χ0) is 25.6. The number of benzene rings is 2. The van der Waals surface area contributed by atoms with Gasteiger partial charge in [-0.15, -0.1) is 0 Å². The highest BCUT2D eigenvalue weighted by molar-refractivity contribution is 7.89. The van der Waals surface area contributed by atoms with Crippen molar-refractivity contribution in [3.05, 3.63) is 62.9 Å². The molecule has 2 aromatic carbocycles. The molecule has 3 aliphatic rings. The molecule has 2 bridgehead atoms. The normalized spacial score (nSPS) is 24.1. The summed E-state index contributed by atoms with van der Waals surface area (Å²) in [7, 11) is -3.79. The number of amides is 1. The number of rotatable bonds is 8. The van der Waals surface area contributed by atoms with E-state index in [1.54, 1.807) is 6.07 Å². The lowest BCUT2D eigenvalue weighted by molar-refractivity contribution is 0.0735. The predicted octanol–water partition coefficient (Wildman–Crippen LogP) is 5.52. The predicted molar refractivity (Wildman–Crippen MR) is 138 cm³/mol. The Hall–Kier alpha value is -1.87. The third-order valence-corrected chi connectivity index (χ3v) is 8.38. The standard InChI is InChI=1S/C26H29Cl2FN2O4S/c1-36(33,34)30-26(32)23-11-22(17-2-3-17)25(12-24(23)29)35-14-16-8-20-4-5-21(9-16)31(20)13-15-6-18(27)10-19(28)7-15/h6-7,10-12,16-17,20-21H,2-5,8-9,13-14H2,1H3,(H,30,32)/t16?,20-,21+. The van der Waals surface area contributed by atoms with Gasteiger partial charge in [-0.25, -0.2) is 17.5 Å². The summed E-state index contributed by atoms with van der Waals surface area (Å²) in [5.41, 5.74) is 1.61. The molecule has 36 heavy (non-hydrogen) atoms. The fourth-order valence-electron chi connectivity index (χ4n) is 5.71. The zero-order valence-electron chi connectivity index (χ0n) is 20.0. The van der Waals surface area contributed by atoms with E-state index in [-0.39, 0.29) is 11.5 Å². The molecule has 1 aliphatic carbocycles. The van der Waals surface area contributed by atoms with Crippen molar-refractivity contribution in [2.24, 2.45) is 5.92 Å². The molecule has 3 fully saturated rings. The first-order chi connectivity index (χ1) is 17.1. The Bertz CT molecular complexity index is 1250. The topological polar surface area (TPSA) is 75.7 Å². The number of carbonyl (C=O) groups is 1. The minimum absolute atomic E-state index is 0.202. The van der Waals surface area contributed by atoms with E-state index in [1.807, 2.05) is 16.9 Å². The molecule has 2 heterocycles. The van der Waals surface area contributed by atoms with E-state index in [0.29, 0.717) is 40.4 Å². The number of carbonyl (C=O) groups excluding carboxylic acids is 1. The van der Waals surface area contributed by atoms with Crippen LogP contribution >= 0.6 is 23.2 Å². The summed E-state index contributed by atoms with van der Waals surface area (Å²) in [6.45, 7) is 1.30. The summed E-state index contributed by atoms with van der Waals surface area (Å²) in [4.78, 5) is 14.8. The Morgan fingerprint density at radius 1 is 1.06 bits per heavy atom. The Labute approximate surface area is 221 Å². The molecule has 2 aromatic rings. The highest BCUT2D eigenvalue weighted by atomic mass is 35.5. The van der Waals surface area contributed by atoms with Crippen molar-refractivity contribution in [1.82, 2.24) is 9.62 Å². The van der Waals surface area contributed by atoms with Gasteiger partial charge in [-0.2, -0.15) is 0 Å². The molecule has 0 spiro atoms. The van der Waals surface area contributed by atoms with Crippen molar-refractivity contribution in [3.8, 4) is 5.75 Å². The Morgan fingerprint density at radius 3 is 2.28 bits per heavy atom. The Morgan fingerprint density at radius 2 is 1.69 bits per heavy atom. The summed E-state index contributed by atoms with van der Waals surface area (Å²) in [6.07, 6.45) is 7.02. The number of sulfonamides is 1. The Balaban J connectivity index is 1.25. The molecule has 2 saturated heterocycles. The number of nitrogens with one attached hydrogen (secondary N) is 1. The SMILES string of the molecule is CS(=O)(=O)NC(=O)c1cc(C2CC2)c(OCC2C[C@H]3CC[C@@H](C2)N3Cc2cc(Cl)cc(Cl)c2)cc1F. The van der Waals surface area contributed by atoms with E-state index < -0.39 is 21.7 Å². The van der Waals surface area contributed by atoms with Crippen molar-refractivity contribution >= 4 is 39.1 Å². The maximum Gasteiger partial charge on any atom is 0.267 e. The second kappa shape index (κ2) is 10.1. The molecule has 1 amide bonds. The number of hydrogen-bond donors (Lipinski definition) is 1. The van der Waals surface area contributed by atoms with Gasteiger partial charge in [0.25, 0.3) is 5.91 Å². The molecule has 2 aliphatic heterocycles. The monoisotopic (exact) mass is 554 g/mol. The van der Waals surface area contributed by atoms with Gasteiger partial charge in [0.2, 0.25) is 10.0 Å². The van der Waals surface area contributed by atoms with E-state index in [1.165, 1.54) is 12.1 Å². The molecule has 6 nitrogen and oxygen atoms in total. The number of halogens is 3. The van der Waals surface area contributed by atoms with E-state index in [9.17, 15) is 17.6 Å². The van der Waals surface area contributed by atoms with Gasteiger partial charge in [0.1, 0.15) is 11.6 Å². The molecule has 0 radical (unpaired) electrons.